The molecule has 2 unspecified atom stereocenters. The van der Waals surface area contributed by atoms with Gasteiger partial charge in [-0.2, -0.15) is 0 Å². The van der Waals surface area contributed by atoms with E-state index >= 15 is 0 Å². The largest absolute Gasteiger partial charge is 0.369 e. The van der Waals surface area contributed by atoms with E-state index in [-0.39, 0.29) is 29.6 Å². The van der Waals surface area contributed by atoms with Crippen LogP contribution in [0.2, 0.25) is 0 Å². The third kappa shape index (κ3) is 6.17. The summed E-state index contributed by atoms with van der Waals surface area (Å²) in [5.41, 5.74) is 2.50. The number of nitrogens with one attached hydrogen (secondary N) is 1. The molecule has 2 atom stereocenters. The van der Waals surface area contributed by atoms with E-state index in [0.717, 1.165) is 55.3 Å². The molecule has 2 aliphatic rings. The molecule has 2 aliphatic heterocycles. The van der Waals surface area contributed by atoms with Gasteiger partial charge in [-0.15, -0.1) is 11.3 Å². The zero-order valence-electron chi connectivity index (χ0n) is 22.7. The van der Waals surface area contributed by atoms with E-state index in [2.05, 4.69) is 29.0 Å². The number of hydrogen-bond donors (Lipinski definition) is 1. The minimum absolute atomic E-state index is 0.00142. The summed E-state index contributed by atoms with van der Waals surface area (Å²) in [6, 6.07) is 18.0. The number of fused-ring (bicyclic) bond motifs is 1. The molecule has 206 valence electrons. The maximum Gasteiger partial charge on any atom is 0.254 e. The van der Waals surface area contributed by atoms with Gasteiger partial charge in [-0.1, -0.05) is 38.1 Å². The number of benzene rings is 2. The summed E-state index contributed by atoms with van der Waals surface area (Å²) in [6.45, 7) is 9.99. The minimum Gasteiger partial charge on any atom is -0.369 e. The number of piperazine rings is 1. The van der Waals surface area contributed by atoms with Crippen molar-refractivity contribution in [1.82, 2.24) is 15.1 Å². The quantitative estimate of drug-likeness (QED) is 0.376. The van der Waals surface area contributed by atoms with E-state index in [1.165, 1.54) is 12.1 Å². The molecule has 0 bridgehead atoms. The molecule has 6 nitrogen and oxygen atoms in total. The molecule has 1 saturated heterocycles. The second-order valence-electron chi connectivity index (χ2n) is 10.8. The Hall–Kier alpha value is -3.23. The highest BCUT2D eigenvalue weighted by molar-refractivity contribution is 7.10. The van der Waals surface area contributed by atoms with Crippen LogP contribution in [0.5, 0.6) is 0 Å². The number of amides is 2. The van der Waals surface area contributed by atoms with Crippen molar-refractivity contribution >= 4 is 28.8 Å². The van der Waals surface area contributed by atoms with E-state index in [4.69, 9.17) is 0 Å². The van der Waals surface area contributed by atoms with Crippen LogP contribution in [-0.4, -0.2) is 67.4 Å². The predicted molar refractivity (Wildman–Crippen MR) is 155 cm³/mol. The number of carbonyl (C=O) groups excluding carboxylic acids is 2. The summed E-state index contributed by atoms with van der Waals surface area (Å²) in [4.78, 5) is 35.0. The van der Waals surface area contributed by atoms with Gasteiger partial charge >= 0.3 is 0 Å². The molecule has 2 amide bonds. The van der Waals surface area contributed by atoms with E-state index in [9.17, 15) is 14.0 Å². The molecule has 2 aromatic carbocycles. The fraction of sp³-hybridized carbons (Fsp3) is 0.419. The van der Waals surface area contributed by atoms with Crippen LogP contribution in [0.1, 0.15) is 53.0 Å². The Labute approximate surface area is 234 Å². The van der Waals surface area contributed by atoms with E-state index in [0.29, 0.717) is 18.7 Å². The highest BCUT2D eigenvalue weighted by Crippen LogP contribution is 2.44. The average molecular weight is 549 g/mol. The molecule has 0 saturated carbocycles. The molecule has 8 heteroatoms. The van der Waals surface area contributed by atoms with Crippen molar-refractivity contribution in [2.24, 2.45) is 5.92 Å². The number of thiophene rings is 1. The topological polar surface area (TPSA) is 55.9 Å². The second kappa shape index (κ2) is 12.3. The van der Waals surface area contributed by atoms with Gasteiger partial charge in [0.1, 0.15) is 5.82 Å². The lowest BCUT2D eigenvalue weighted by Crippen LogP contribution is -2.49. The van der Waals surface area contributed by atoms with Crippen LogP contribution in [0.4, 0.5) is 10.1 Å². The number of halogens is 1. The molecule has 0 aliphatic carbocycles. The van der Waals surface area contributed by atoms with Crippen LogP contribution in [0.15, 0.2) is 66.0 Å². The molecule has 1 aromatic heterocycles. The van der Waals surface area contributed by atoms with Gasteiger partial charge < -0.3 is 15.1 Å². The van der Waals surface area contributed by atoms with Crippen molar-refractivity contribution in [2.45, 2.75) is 32.2 Å². The van der Waals surface area contributed by atoms with Gasteiger partial charge in [0.15, 0.2) is 0 Å². The van der Waals surface area contributed by atoms with Crippen molar-refractivity contribution in [3.8, 4) is 0 Å². The summed E-state index contributed by atoms with van der Waals surface area (Å²) in [6.07, 6.45) is 0.856. The van der Waals surface area contributed by atoms with E-state index < -0.39 is 5.92 Å². The van der Waals surface area contributed by atoms with Crippen LogP contribution in [0, 0.1) is 11.7 Å². The van der Waals surface area contributed by atoms with Gasteiger partial charge in [0.25, 0.3) is 5.91 Å². The summed E-state index contributed by atoms with van der Waals surface area (Å²) in [5.74, 6) is -0.397. The van der Waals surface area contributed by atoms with Crippen molar-refractivity contribution in [3.05, 3.63) is 87.9 Å². The first-order valence-corrected chi connectivity index (χ1v) is 14.7. The van der Waals surface area contributed by atoms with Crippen molar-refractivity contribution in [3.63, 3.8) is 0 Å². The van der Waals surface area contributed by atoms with Gasteiger partial charge in [-0.25, -0.2) is 4.39 Å². The Morgan fingerprint density at radius 1 is 1.03 bits per heavy atom. The molecule has 0 radical (unpaired) electrons. The average Bonchev–Trinajstić information content (AvgIpc) is 3.48. The third-order valence-electron chi connectivity index (χ3n) is 7.63. The number of nitrogens with zero attached hydrogens (tertiary/aromatic N) is 3. The summed E-state index contributed by atoms with van der Waals surface area (Å²) in [7, 11) is 0. The summed E-state index contributed by atoms with van der Waals surface area (Å²) < 4.78 is 13.2. The lowest BCUT2D eigenvalue weighted by molar-refractivity contribution is -0.124. The normalized spacial score (nSPS) is 19.8. The van der Waals surface area contributed by atoms with Crippen LogP contribution in [-0.2, 0) is 4.79 Å². The lowest BCUT2D eigenvalue weighted by atomic mass is 9.81. The zero-order valence-corrected chi connectivity index (χ0v) is 23.5. The highest BCUT2D eigenvalue weighted by atomic mass is 32.1. The van der Waals surface area contributed by atoms with Gasteiger partial charge in [0, 0.05) is 55.4 Å². The highest BCUT2D eigenvalue weighted by Gasteiger charge is 2.44. The molecule has 1 fully saturated rings. The first kappa shape index (κ1) is 27.3. The smallest absolute Gasteiger partial charge is 0.254 e. The number of anilines is 1. The van der Waals surface area contributed by atoms with Crippen LogP contribution < -0.4 is 10.2 Å². The van der Waals surface area contributed by atoms with Crippen LogP contribution in [0.25, 0.3) is 0 Å². The van der Waals surface area contributed by atoms with E-state index in [1.54, 1.807) is 11.3 Å². The fourth-order valence-electron chi connectivity index (χ4n) is 5.75. The predicted octanol–water partition coefficient (Wildman–Crippen LogP) is 5.15. The zero-order chi connectivity index (χ0) is 27.4. The minimum atomic E-state index is -0.449. The van der Waals surface area contributed by atoms with Gasteiger partial charge in [0.05, 0.1) is 12.0 Å². The summed E-state index contributed by atoms with van der Waals surface area (Å²) in [5, 5.41) is 5.22. The third-order valence-corrected chi connectivity index (χ3v) is 8.58. The maximum absolute atomic E-state index is 13.8. The van der Waals surface area contributed by atoms with E-state index in [1.807, 2.05) is 58.8 Å². The number of hydrogen-bond acceptors (Lipinski definition) is 5. The number of carbonyl (C=O) groups is 2. The second-order valence-corrected chi connectivity index (χ2v) is 11.8. The Morgan fingerprint density at radius 3 is 2.46 bits per heavy atom. The molecule has 39 heavy (non-hydrogen) atoms. The van der Waals surface area contributed by atoms with Crippen LogP contribution in [0.3, 0.4) is 0 Å². The molecule has 5 rings (SSSR count). The molecule has 3 aromatic rings. The molecule has 3 heterocycles. The van der Waals surface area contributed by atoms with Gasteiger partial charge in [0.2, 0.25) is 5.91 Å². The van der Waals surface area contributed by atoms with Crippen molar-refractivity contribution < 1.29 is 14.0 Å². The SMILES string of the molecule is CC(C)CN1C(=O)c2ccccc2C(C(=O)NCCCN2CCN(c3ccc(F)cc3)CC2)C1c1cccs1. The summed E-state index contributed by atoms with van der Waals surface area (Å²) >= 11 is 1.60. The maximum atomic E-state index is 13.8. The standard InChI is InChI=1S/C31H37FN4O2S/c1-22(2)21-36-29(27-9-5-20-39-27)28(25-7-3-4-8-26(25)31(36)38)30(37)33-14-6-15-34-16-18-35(19-17-34)24-12-10-23(32)11-13-24/h3-5,7-13,20,22,28-29H,6,14-19,21H2,1-2H3,(H,33,37). The molecular weight excluding hydrogens is 511 g/mol. The Morgan fingerprint density at radius 2 is 1.77 bits per heavy atom. The Kier molecular flexibility index (Phi) is 8.63. The molecule has 0 spiro atoms. The van der Waals surface area contributed by atoms with Crippen molar-refractivity contribution in [1.29, 1.82) is 0 Å². The monoisotopic (exact) mass is 548 g/mol. The first-order valence-electron chi connectivity index (χ1n) is 13.9. The van der Waals surface area contributed by atoms with Crippen LogP contribution >= 0.6 is 11.3 Å². The fourth-order valence-corrected chi connectivity index (χ4v) is 6.63. The first-order chi connectivity index (χ1) is 18.9. The Bertz CT molecular complexity index is 1260. The Balaban J connectivity index is 1.21. The van der Waals surface area contributed by atoms with Gasteiger partial charge in [-0.3, -0.25) is 14.5 Å². The van der Waals surface area contributed by atoms with Gasteiger partial charge in [-0.05, 0) is 66.2 Å². The molecular formula is C31H37FN4O2S. The number of rotatable bonds is 9. The lowest BCUT2D eigenvalue weighted by Gasteiger charge is -2.42. The molecule has 1 N–H and O–H groups in total. The van der Waals surface area contributed by atoms with Crippen molar-refractivity contribution in [2.75, 3.05) is 50.7 Å².